The predicted molar refractivity (Wildman–Crippen MR) is 70.3 cm³/mol. The van der Waals surface area contributed by atoms with Crippen LogP contribution in [-0.2, 0) is 0 Å². The number of nitrogens with zero attached hydrogens (tertiary/aromatic N) is 1. The predicted octanol–water partition coefficient (Wildman–Crippen LogP) is 4.32. The van der Waals surface area contributed by atoms with E-state index in [0.717, 1.165) is 0 Å². The third-order valence-electron chi connectivity index (χ3n) is 3.42. The molecule has 0 aliphatic rings. The second-order valence-electron chi connectivity index (χ2n) is 5.84. The maximum atomic E-state index is 2.39. The van der Waals surface area contributed by atoms with E-state index >= 15 is 0 Å². The highest BCUT2D eigenvalue weighted by Gasteiger charge is 2.13. The molecule has 0 rings (SSSR count). The number of rotatable bonds is 9. The van der Waals surface area contributed by atoms with Gasteiger partial charge in [-0.1, -0.05) is 52.9 Å². The van der Waals surface area contributed by atoms with Gasteiger partial charge in [0.2, 0.25) is 0 Å². The zero-order chi connectivity index (χ0) is 11.7. The number of hydrogen-bond donors (Lipinski definition) is 0. The second kappa shape index (κ2) is 8.15. The Morgan fingerprint density at radius 1 is 0.867 bits per heavy atom. The van der Waals surface area contributed by atoms with Crippen LogP contribution < -0.4 is 0 Å². The van der Waals surface area contributed by atoms with Crippen molar-refractivity contribution in [2.24, 2.45) is 5.41 Å². The maximum Gasteiger partial charge on any atom is -0.00248 e. The highest BCUT2D eigenvalue weighted by Crippen LogP contribution is 2.27. The summed E-state index contributed by atoms with van der Waals surface area (Å²) >= 11 is 0. The minimum Gasteiger partial charge on any atom is -0.309 e. The van der Waals surface area contributed by atoms with Crippen LogP contribution in [0.1, 0.15) is 65.7 Å². The zero-order valence-corrected chi connectivity index (χ0v) is 11.6. The van der Waals surface area contributed by atoms with Crippen LogP contribution in [0.25, 0.3) is 0 Å². The Hall–Kier alpha value is -0.0400. The lowest BCUT2D eigenvalue weighted by molar-refractivity contribution is 0.306. The minimum absolute atomic E-state index is 0.573. The Bertz CT molecular complexity index is 138. The Kier molecular flexibility index (Phi) is 8.13. The molecule has 0 radical (unpaired) electrons. The molecule has 1 nitrogen and oxygen atoms in total. The first-order valence-electron chi connectivity index (χ1n) is 6.62. The molecule has 0 amide bonds. The van der Waals surface area contributed by atoms with Crippen molar-refractivity contribution in [2.45, 2.75) is 65.7 Å². The summed E-state index contributed by atoms with van der Waals surface area (Å²) in [4.78, 5) is 2.28. The monoisotopic (exact) mass is 213 g/mol. The fraction of sp³-hybridized carbons (Fsp3) is 1.00. The lowest BCUT2D eigenvalue weighted by Crippen LogP contribution is -2.12. The van der Waals surface area contributed by atoms with Crippen LogP contribution in [0.5, 0.6) is 0 Å². The smallest absolute Gasteiger partial charge is 0.00248 e. The molecule has 0 aliphatic heterocycles. The van der Waals surface area contributed by atoms with E-state index in [1.807, 2.05) is 0 Å². The molecule has 0 N–H and O–H groups in total. The van der Waals surface area contributed by atoms with Crippen LogP contribution >= 0.6 is 0 Å². The molecule has 0 aliphatic carbocycles. The Balaban J connectivity index is 3.18. The van der Waals surface area contributed by atoms with Crippen molar-refractivity contribution >= 4 is 0 Å². The molecule has 0 aromatic rings. The normalized spacial score (nSPS) is 12.4. The zero-order valence-electron chi connectivity index (χ0n) is 11.6. The first-order chi connectivity index (χ1) is 6.98. The van der Waals surface area contributed by atoms with Crippen LogP contribution in [-0.4, -0.2) is 25.5 Å². The summed E-state index contributed by atoms with van der Waals surface area (Å²) in [5.41, 5.74) is 0.573. The third-order valence-corrected chi connectivity index (χ3v) is 3.42. The summed E-state index contributed by atoms with van der Waals surface area (Å²) in [7, 11) is 4.31. The van der Waals surface area contributed by atoms with Crippen LogP contribution in [0.4, 0.5) is 0 Å². The van der Waals surface area contributed by atoms with Crippen molar-refractivity contribution < 1.29 is 0 Å². The van der Waals surface area contributed by atoms with Crippen molar-refractivity contribution in [2.75, 3.05) is 20.6 Å². The molecule has 0 fully saturated rings. The van der Waals surface area contributed by atoms with Crippen LogP contribution in [0.2, 0.25) is 0 Å². The summed E-state index contributed by atoms with van der Waals surface area (Å²) in [6.07, 6.45) is 9.76. The molecule has 0 aromatic heterocycles. The summed E-state index contributed by atoms with van der Waals surface area (Å²) in [5.74, 6) is 0. The molecule has 0 spiro atoms. The van der Waals surface area contributed by atoms with Crippen LogP contribution in [0.3, 0.4) is 0 Å². The summed E-state index contributed by atoms with van der Waals surface area (Å²) in [6.45, 7) is 8.33. The molecule has 0 unspecified atom stereocenters. The third kappa shape index (κ3) is 10.2. The number of hydrogen-bond acceptors (Lipinski definition) is 1. The van der Waals surface area contributed by atoms with E-state index in [1.54, 1.807) is 0 Å². The molecule has 0 aromatic carbocycles. The first kappa shape index (κ1) is 15.0. The molecule has 0 saturated carbocycles. The van der Waals surface area contributed by atoms with E-state index in [9.17, 15) is 0 Å². The Morgan fingerprint density at radius 3 is 1.93 bits per heavy atom. The molecular formula is C14H31N. The second-order valence-corrected chi connectivity index (χ2v) is 5.84. The lowest BCUT2D eigenvalue weighted by atomic mass is 9.84. The van der Waals surface area contributed by atoms with E-state index in [-0.39, 0.29) is 0 Å². The van der Waals surface area contributed by atoms with Crippen molar-refractivity contribution in [1.82, 2.24) is 4.90 Å². The van der Waals surface area contributed by atoms with E-state index in [0.29, 0.717) is 5.41 Å². The van der Waals surface area contributed by atoms with Gasteiger partial charge in [-0.25, -0.2) is 0 Å². The van der Waals surface area contributed by atoms with Crippen LogP contribution in [0, 0.1) is 5.41 Å². The molecule has 0 atom stereocenters. The Labute approximate surface area is 97.2 Å². The van der Waals surface area contributed by atoms with Gasteiger partial charge in [0.15, 0.2) is 0 Å². The van der Waals surface area contributed by atoms with Crippen molar-refractivity contribution in [3.63, 3.8) is 0 Å². The van der Waals surface area contributed by atoms with Gasteiger partial charge < -0.3 is 4.90 Å². The topological polar surface area (TPSA) is 3.24 Å². The van der Waals surface area contributed by atoms with Gasteiger partial charge in [-0.15, -0.1) is 0 Å². The average molecular weight is 213 g/mol. The van der Waals surface area contributed by atoms with E-state index in [1.165, 1.54) is 51.5 Å². The van der Waals surface area contributed by atoms with E-state index in [4.69, 9.17) is 0 Å². The molecule has 0 heterocycles. The fourth-order valence-corrected chi connectivity index (χ4v) is 1.74. The SMILES string of the molecule is CCC(C)(C)CCCCCCCN(C)C. The lowest BCUT2D eigenvalue weighted by Gasteiger charge is -2.22. The molecule has 15 heavy (non-hydrogen) atoms. The number of unbranched alkanes of at least 4 members (excludes halogenated alkanes) is 4. The molecule has 0 saturated heterocycles. The van der Waals surface area contributed by atoms with Crippen LogP contribution in [0.15, 0.2) is 0 Å². The largest absolute Gasteiger partial charge is 0.309 e. The van der Waals surface area contributed by atoms with Gasteiger partial charge in [0.25, 0.3) is 0 Å². The summed E-state index contributed by atoms with van der Waals surface area (Å²) < 4.78 is 0. The van der Waals surface area contributed by atoms with Gasteiger partial charge in [0.05, 0.1) is 0 Å². The maximum absolute atomic E-state index is 2.39. The van der Waals surface area contributed by atoms with Gasteiger partial charge in [-0.05, 0) is 38.9 Å². The minimum atomic E-state index is 0.573. The highest BCUT2D eigenvalue weighted by molar-refractivity contribution is 4.65. The van der Waals surface area contributed by atoms with E-state index in [2.05, 4.69) is 39.8 Å². The molecule has 1 heteroatoms. The summed E-state index contributed by atoms with van der Waals surface area (Å²) in [6, 6.07) is 0. The van der Waals surface area contributed by atoms with Gasteiger partial charge in [0.1, 0.15) is 0 Å². The molecule has 0 bridgehead atoms. The average Bonchev–Trinajstić information content (AvgIpc) is 2.16. The van der Waals surface area contributed by atoms with Crippen molar-refractivity contribution in [3.8, 4) is 0 Å². The Morgan fingerprint density at radius 2 is 1.40 bits per heavy atom. The summed E-state index contributed by atoms with van der Waals surface area (Å²) in [5, 5.41) is 0. The molecule has 92 valence electrons. The standard InChI is InChI=1S/C14H31N/c1-6-14(2,3)12-10-8-7-9-11-13-15(4)5/h6-13H2,1-5H3. The van der Waals surface area contributed by atoms with Gasteiger partial charge in [-0.3, -0.25) is 0 Å². The van der Waals surface area contributed by atoms with Crippen molar-refractivity contribution in [1.29, 1.82) is 0 Å². The van der Waals surface area contributed by atoms with Gasteiger partial charge in [-0.2, -0.15) is 0 Å². The molecular weight excluding hydrogens is 182 g/mol. The highest BCUT2D eigenvalue weighted by atomic mass is 15.0. The van der Waals surface area contributed by atoms with Gasteiger partial charge in [0, 0.05) is 0 Å². The van der Waals surface area contributed by atoms with Gasteiger partial charge >= 0.3 is 0 Å². The first-order valence-corrected chi connectivity index (χ1v) is 6.62. The van der Waals surface area contributed by atoms with E-state index < -0.39 is 0 Å². The van der Waals surface area contributed by atoms with Crippen molar-refractivity contribution in [3.05, 3.63) is 0 Å². The quantitative estimate of drug-likeness (QED) is 0.515. The fourth-order valence-electron chi connectivity index (χ4n) is 1.74.